The summed E-state index contributed by atoms with van der Waals surface area (Å²) in [5.41, 5.74) is -0.195. The quantitative estimate of drug-likeness (QED) is 0.531. The van der Waals surface area contributed by atoms with Crippen molar-refractivity contribution < 1.29 is 32.7 Å². The lowest BCUT2D eigenvalue weighted by Crippen LogP contribution is -2.41. The molecule has 1 heterocycles. The smallest absolute Gasteiger partial charge is 0.497 e. The molecule has 1 aliphatic heterocycles. The van der Waals surface area contributed by atoms with Gasteiger partial charge < -0.3 is 23.5 Å². The second-order valence-electron chi connectivity index (χ2n) is 8.09. The molecule has 30 heavy (non-hydrogen) atoms. The first-order valence-corrected chi connectivity index (χ1v) is 9.61. The first-order valence-electron chi connectivity index (χ1n) is 9.61. The molecular weight excluding hydrogens is 390 g/mol. The van der Waals surface area contributed by atoms with Crippen molar-refractivity contribution >= 4 is 18.6 Å². The number of methoxy groups -OCH3 is 2. The Hall–Kier alpha value is -2.58. The number of carbonyl (C=O) groups is 1. The Labute approximate surface area is 176 Å². The van der Waals surface area contributed by atoms with Gasteiger partial charge in [0, 0.05) is 5.46 Å². The molecular formula is C22H26BFO6. The van der Waals surface area contributed by atoms with E-state index in [1.807, 2.05) is 52.0 Å². The maximum Gasteiger partial charge on any atom is 0.498 e. The van der Waals surface area contributed by atoms with Gasteiger partial charge in [0.05, 0.1) is 31.0 Å². The van der Waals surface area contributed by atoms with E-state index in [0.717, 1.165) is 11.3 Å². The molecule has 0 saturated carbocycles. The van der Waals surface area contributed by atoms with Crippen LogP contribution in [0.4, 0.5) is 4.39 Å². The Morgan fingerprint density at radius 1 is 1.03 bits per heavy atom. The van der Waals surface area contributed by atoms with Crippen LogP contribution in [0, 0.1) is 5.82 Å². The van der Waals surface area contributed by atoms with E-state index in [9.17, 15) is 9.18 Å². The monoisotopic (exact) mass is 416 g/mol. The highest BCUT2D eigenvalue weighted by atomic mass is 19.1. The summed E-state index contributed by atoms with van der Waals surface area (Å²) in [5.74, 6) is -0.511. The van der Waals surface area contributed by atoms with Gasteiger partial charge in [0.2, 0.25) is 0 Å². The van der Waals surface area contributed by atoms with Crippen LogP contribution >= 0.6 is 0 Å². The first kappa shape index (κ1) is 22.1. The van der Waals surface area contributed by atoms with Crippen molar-refractivity contribution in [1.29, 1.82) is 0 Å². The molecule has 6 nitrogen and oxygen atoms in total. The summed E-state index contributed by atoms with van der Waals surface area (Å²) in [6.07, 6.45) is 0. The van der Waals surface area contributed by atoms with Crippen molar-refractivity contribution in [3.05, 3.63) is 53.3 Å². The lowest BCUT2D eigenvalue weighted by atomic mass is 9.77. The Morgan fingerprint density at radius 3 is 2.17 bits per heavy atom. The third-order valence-electron chi connectivity index (χ3n) is 5.57. The van der Waals surface area contributed by atoms with E-state index in [-0.39, 0.29) is 17.9 Å². The first-order chi connectivity index (χ1) is 14.1. The van der Waals surface area contributed by atoms with Crippen LogP contribution in [0.25, 0.3) is 0 Å². The molecule has 0 unspecified atom stereocenters. The van der Waals surface area contributed by atoms with Gasteiger partial charge in [-0.25, -0.2) is 9.18 Å². The molecule has 0 radical (unpaired) electrons. The van der Waals surface area contributed by atoms with Gasteiger partial charge in [-0.2, -0.15) is 0 Å². The second-order valence-corrected chi connectivity index (χ2v) is 8.09. The molecule has 1 fully saturated rings. The fourth-order valence-corrected chi connectivity index (χ4v) is 3.00. The number of carbonyl (C=O) groups excluding carboxylic acids is 1. The van der Waals surface area contributed by atoms with Gasteiger partial charge in [0.25, 0.3) is 0 Å². The SMILES string of the molecule is COC(=O)c1cc(OCc2ccc(OC)cc2)c(B2OC(C)(C)C(C)(C)O2)cc1F. The van der Waals surface area contributed by atoms with Gasteiger partial charge in [0.1, 0.15) is 23.9 Å². The summed E-state index contributed by atoms with van der Waals surface area (Å²) >= 11 is 0. The van der Waals surface area contributed by atoms with Crippen molar-refractivity contribution in [2.75, 3.05) is 14.2 Å². The highest BCUT2D eigenvalue weighted by Crippen LogP contribution is 2.37. The minimum absolute atomic E-state index is 0.197. The topological polar surface area (TPSA) is 63.2 Å². The summed E-state index contributed by atoms with van der Waals surface area (Å²) in [5, 5.41) is 0. The largest absolute Gasteiger partial charge is 0.498 e. The molecule has 0 spiro atoms. The van der Waals surface area contributed by atoms with Crippen LogP contribution in [0.1, 0.15) is 43.6 Å². The van der Waals surface area contributed by atoms with Gasteiger partial charge in [-0.05, 0) is 57.5 Å². The Balaban J connectivity index is 1.94. The van der Waals surface area contributed by atoms with Crippen LogP contribution in [0.5, 0.6) is 11.5 Å². The Morgan fingerprint density at radius 2 is 1.63 bits per heavy atom. The zero-order valence-corrected chi connectivity index (χ0v) is 18.1. The average Bonchev–Trinajstić information content (AvgIpc) is 2.93. The maximum absolute atomic E-state index is 14.7. The fraction of sp³-hybridized carbons (Fsp3) is 0.409. The van der Waals surface area contributed by atoms with Crippen LogP contribution in [-0.2, 0) is 20.7 Å². The number of esters is 1. The third kappa shape index (κ3) is 4.30. The van der Waals surface area contributed by atoms with E-state index in [1.54, 1.807) is 7.11 Å². The molecule has 3 rings (SSSR count). The molecule has 1 saturated heterocycles. The zero-order chi connectivity index (χ0) is 22.1. The van der Waals surface area contributed by atoms with Crippen LogP contribution in [0.2, 0.25) is 0 Å². The number of rotatable bonds is 6. The number of hydrogen-bond acceptors (Lipinski definition) is 6. The maximum atomic E-state index is 14.7. The molecule has 2 aromatic carbocycles. The second kappa shape index (κ2) is 8.28. The van der Waals surface area contributed by atoms with Crippen LogP contribution in [0.15, 0.2) is 36.4 Å². The molecule has 0 bridgehead atoms. The number of benzene rings is 2. The fourth-order valence-electron chi connectivity index (χ4n) is 3.00. The summed E-state index contributed by atoms with van der Waals surface area (Å²) in [6.45, 7) is 7.82. The molecule has 0 atom stereocenters. The van der Waals surface area contributed by atoms with Crippen molar-refractivity contribution in [2.24, 2.45) is 0 Å². The van der Waals surface area contributed by atoms with E-state index in [0.29, 0.717) is 5.46 Å². The molecule has 2 aromatic rings. The number of ether oxygens (including phenoxy) is 3. The van der Waals surface area contributed by atoms with Gasteiger partial charge >= 0.3 is 13.1 Å². The zero-order valence-electron chi connectivity index (χ0n) is 18.1. The molecule has 1 aliphatic rings. The molecule has 0 N–H and O–H groups in total. The van der Waals surface area contributed by atoms with Gasteiger partial charge in [-0.3, -0.25) is 0 Å². The normalized spacial score (nSPS) is 17.0. The van der Waals surface area contributed by atoms with Crippen molar-refractivity contribution in [3.63, 3.8) is 0 Å². The van der Waals surface area contributed by atoms with E-state index in [4.69, 9.17) is 18.8 Å². The lowest BCUT2D eigenvalue weighted by Gasteiger charge is -2.32. The summed E-state index contributed by atoms with van der Waals surface area (Å²) in [7, 11) is 1.94. The lowest BCUT2D eigenvalue weighted by molar-refractivity contribution is 0.00578. The highest BCUT2D eigenvalue weighted by molar-refractivity contribution is 6.63. The minimum atomic E-state index is -0.845. The van der Waals surface area contributed by atoms with E-state index >= 15 is 0 Å². The van der Waals surface area contributed by atoms with Gasteiger partial charge in [-0.15, -0.1) is 0 Å². The van der Waals surface area contributed by atoms with E-state index in [1.165, 1.54) is 19.2 Å². The molecule has 0 aromatic heterocycles. The summed E-state index contributed by atoms with van der Waals surface area (Å²) < 4.78 is 42.6. The Kier molecular flexibility index (Phi) is 6.10. The predicted molar refractivity (Wildman–Crippen MR) is 111 cm³/mol. The molecule has 0 aliphatic carbocycles. The van der Waals surface area contributed by atoms with Crippen molar-refractivity contribution in [1.82, 2.24) is 0 Å². The van der Waals surface area contributed by atoms with E-state index < -0.39 is 30.1 Å². The van der Waals surface area contributed by atoms with Crippen LogP contribution < -0.4 is 14.9 Å². The predicted octanol–water partition coefficient (Wildman–Crippen LogP) is 3.50. The summed E-state index contributed by atoms with van der Waals surface area (Å²) in [6, 6.07) is 9.88. The van der Waals surface area contributed by atoms with Gasteiger partial charge in [0.15, 0.2) is 0 Å². The highest BCUT2D eigenvalue weighted by Gasteiger charge is 2.52. The average molecular weight is 416 g/mol. The third-order valence-corrected chi connectivity index (χ3v) is 5.57. The van der Waals surface area contributed by atoms with Crippen LogP contribution in [-0.4, -0.2) is 38.5 Å². The molecule has 8 heteroatoms. The number of halogens is 1. The van der Waals surface area contributed by atoms with E-state index in [2.05, 4.69) is 4.74 Å². The minimum Gasteiger partial charge on any atom is -0.497 e. The molecule has 0 amide bonds. The van der Waals surface area contributed by atoms with Gasteiger partial charge in [-0.1, -0.05) is 12.1 Å². The number of hydrogen-bond donors (Lipinski definition) is 0. The standard InChI is InChI=1S/C22H26BFO6/c1-21(2)22(3,4)30-23(29-21)17-12-18(24)16(20(25)27-6)11-19(17)28-13-14-7-9-15(26-5)10-8-14/h7-12H,13H2,1-6H3. The van der Waals surface area contributed by atoms with Crippen LogP contribution in [0.3, 0.4) is 0 Å². The van der Waals surface area contributed by atoms with Crippen molar-refractivity contribution in [2.45, 2.75) is 45.5 Å². The van der Waals surface area contributed by atoms with Crippen molar-refractivity contribution in [3.8, 4) is 11.5 Å². The molecule has 160 valence electrons. The Bertz CT molecular complexity index is 910. The summed E-state index contributed by atoms with van der Waals surface area (Å²) in [4.78, 5) is 12.0.